The van der Waals surface area contributed by atoms with Crippen LogP contribution in [0.15, 0.2) is 17.2 Å². The third-order valence-electron chi connectivity index (χ3n) is 5.77. The molecule has 1 aromatic heterocycles. The molecule has 4 aliphatic rings. The van der Waals surface area contributed by atoms with Crippen molar-refractivity contribution < 1.29 is 4.52 Å². The van der Waals surface area contributed by atoms with E-state index in [0.29, 0.717) is 5.54 Å². The first-order chi connectivity index (χ1) is 10.2. The predicted octanol–water partition coefficient (Wildman–Crippen LogP) is 4.07. The molecule has 4 fully saturated rings. The summed E-state index contributed by atoms with van der Waals surface area (Å²) in [5, 5.41) is 7.96. The SMILES string of the molecule is C=C(SC)c1cc(CNC23CC4CC(CC(C4)C2)C3)on1. The molecule has 0 unspecified atom stereocenters. The van der Waals surface area contributed by atoms with Crippen LogP contribution in [0, 0.1) is 17.8 Å². The summed E-state index contributed by atoms with van der Waals surface area (Å²) in [6.07, 6.45) is 10.6. The van der Waals surface area contributed by atoms with Crippen molar-refractivity contribution in [3.8, 4) is 0 Å². The zero-order chi connectivity index (χ0) is 14.4. The van der Waals surface area contributed by atoms with E-state index in [2.05, 4.69) is 17.1 Å². The first-order valence-electron chi connectivity index (χ1n) is 8.10. The first-order valence-corrected chi connectivity index (χ1v) is 9.32. The number of nitrogens with zero attached hydrogens (tertiary/aromatic N) is 1. The van der Waals surface area contributed by atoms with Crippen molar-refractivity contribution in [3.63, 3.8) is 0 Å². The molecule has 0 aromatic carbocycles. The van der Waals surface area contributed by atoms with Crippen LogP contribution >= 0.6 is 11.8 Å². The minimum atomic E-state index is 0.387. The van der Waals surface area contributed by atoms with E-state index in [9.17, 15) is 0 Å². The molecule has 1 heterocycles. The predicted molar refractivity (Wildman–Crippen MR) is 86.8 cm³/mol. The second kappa shape index (κ2) is 5.17. The Morgan fingerprint density at radius 3 is 2.52 bits per heavy atom. The van der Waals surface area contributed by atoms with Gasteiger partial charge in [-0.3, -0.25) is 0 Å². The standard InChI is InChI=1S/C17H24N2OS/c1-11(21-2)16-6-15(20-19-16)10-18-17-7-12-3-13(8-17)5-14(4-12)9-17/h6,12-14,18H,1,3-5,7-10H2,2H3. The van der Waals surface area contributed by atoms with Gasteiger partial charge in [0, 0.05) is 16.5 Å². The Balaban J connectivity index is 1.42. The second-order valence-electron chi connectivity index (χ2n) is 7.36. The van der Waals surface area contributed by atoms with Gasteiger partial charge in [-0.25, -0.2) is 0 Å². The summed E-state index contributed by atoms with van der Waals surface area (Å²) in [7, 11) is 0. The van der Waals surface area contributed by atoms with Crippen molar-refractivity contribution in [2.75, 3.05) is 6.26 Å². The molecular weight excluding hydrogens is 280 g/mol. The van der Waals surface area contributed by atoms with Gasteiger partial charge < -0.3 is 9.84 Å². The summed E-state index contributed by atoms with van der Waals surface area (Å²) in [5.41, 5.74) is 1.27. The highest BCUT2D eigenvalue weighted by Gasteiger charge is 2.50. The van der Waals surface area contributed by atoms with Crippen LogP contribution in [0.3, 0.4) is 0 Å². The molecule has 0 aliphatic heterocycles. The van der Waals surface area contributed by atoms with Crippen molar-refractivity contribution in [1.29, 1.82) is 0 Å². The van der Waals surface area contributed by atoms with Crippen LogP contribution in [0.4, 0.5) is 0 Å². The summed E-state index contributed by atoms with van der Waals surface area (Å²) in [6, 6.07) is 2.03. The van der Waals surface area contributed by atoms with Crippen LogP contribution in [0.1, 0.15) is 50.0 Å². The molecule has 0 atom stereocenters. The van der Waals surface area contributed by atoms with Gasteiger partial charge in [0.05, 0.1) is 6.54 Å². The number of aromatic nitrogens is 1. The van der Waals surface area contributed by atoms with E-state index in [-0.39, 0.29) is 0 Å². The van der Waals surface area contributed by atoms with Crippen molar-refractivity contribution in [2.45, 2.75) is 50.6 Å². The van der Waals surface area contributed by atoms with Gasteiger partial charge in [-0.1, -0.05) is 11.7 Å². The fraction of sp³-hybridized carbons (Fsp3) is 0.706. The molecular formula is C17H24N2OS. The average Bonchev–Trinajstić information content (AvgIpc) is 2.92. The lowest BCUT2D eigenvalue weighted by molar-refractivity contribution is -0.0215. The molecule has 4 aliphatic carbocycles. The quantitative estimate of drug-likeness (QED) is 0.890. The molecule has 114 valence electrons. The Hall–Kier alpha value is -0.740. The lowest BCUT2D eigenvalue weighted by Crippen LogP contribution is -2.58. The van der Waals surface area contributed by atoms with E-state index in [0.717, 1.165) is 40.7 Å². The molecule has 21 heavy (non-hydrogen) atoms. The first kappa shape index (κ1) is 13.9. The van der Waals surface area contributed by atoms with E-state index in [4.69, 9.17) is 4.52 Å². The van der Waals surface area contributed by atoms with Gasteiger partial charge in [-0.2, -0.15) is 0 Å². The highest BCUT2D eigenvalue weighted by Crippen LogP contribution is 2.55. The normalized spacial score (nSPS) is 37.1. The second-order valence-corrected chi connectivity index (χ2v) is 8.26. The van der Waals surface area contributed by atoms with Crippen LogP contribution in [-0.4, -0.2) is 17.0 Å². The van der Waals surface area contributed by atoms with Crippen LogP contribution in [0.25, 0.3) is 4.91 Å². The Kier molecular flexibility index (Phi) is 3.42. The summed E-state index contributed by atoms with van der Waals surface area (Å²) in [4.78, 5) is 0.972. The molecule has 0 saturated heterocycles. The van der Waals surface area contributed by atoms with E-state index in [1.165, 1.54) is 38.5 Å². The third-order valence-corrected chi connectivity index (χ3v) is 6.47. The van der Waals surface area contributed by atoms with Crippen molar-refractivity contribution in [2.24, 2.45) is 17.8 Å². The zero-order valence-electron chi connectivity index (χ0n) is 12.7. The molecule has 0 spiro atoms. The fourth-order valence-corrected chi connectivity index (χ4v) is 5.54. The average molecular weight is 304 g/mol. The fourth-order valence-electron chi connectivity index (χ4n) is 5.23. The van der Waals surface area contributed by atoms with Gasteiger partial charge in [0.15, 0.2) is 5.76 Å². The van der Waals surface area contributed by atoms with Gasteiger partial charge >= 0.3 is 0 Å². The van der Waals surface area contributed by atoms with Crippen LogP contribution in [0.5, 0.6) is 0 Å². The van der Waals surface area contributed by atoms with Crippen LogP contribution < -0.4 is 5.32 Å². The summed E-state index contributed by atoms with van der Waals surface area (Å²) < 4.78 is 5.46. The van der Waals surface area contributed by atoms with Gasteiger partial charge in [0.2, 0.25) is 0 Å². The monoisotopic (exact) mass is 304 g/mol. The zero-order valence-corrected chi connectivity index (χ0v) is 13.5. The lowest BCUT2D eigenvalue weighted by Gasteiger charge is -2.57. The Labute approximate surface area is 130 Å². The highest BCUT2D eigenvalue weighted by atomic mass is 32.2. The number of nitrogens with one attached hydrogen (secondary N) is 1. The summed E-state index contributed by atoms with van der Waals surface area (Å²) in [5.74, 6) is 3.87. The smallest absolute Gasteiger partial charge is 0.151 e. The van der Waals surface area contributed by atoms with Crippen LogP contribution in [-0.2, 0) is 6.54 Å². The summed E-state index contributed by atoms with van der Waals surface area (Å²) >= 11 is 1.62. The molecule has 3 nitrogen and oxygen atoms in total. The van der Waals surface area contributed by atoms with Crippen molar-refractivity contribution in [3.05, 3.63) is 24.1 Å². The third kappa shape index (κ3) is 2.57. The van der Waals surface area contributed by atoms with Gasteiger partial charge in [-0.05, 0) is 62.5 Å². The molecule has 0 radical (unpaired) electrons. The summed E-state index contributed by atoms with van der Waals surface area (Å²) in [6.45, 7) is 4.80. The molecule has 4 saturated carbocycles. The van der Waals surface area contributed by atoms with E-state index in [1.54, 1.807) is 11.8 Å². The number of rotatable bonds is 5. The minimum absolute atomic E-state index is 0.387. The highest BCUT2D eigenvalue weighted by molar-refractivity contribution is 8.07. The van der Waals surface area contributed by atoms with Gasteiger partial charge in [0.25, 0.3) is 0 Å². The largest absolute Gasteiger partial charge is 0.359 e. The molecule has 0 amide bonds. The lowest BCUT2D eigenvalue weighted by atomic mass is 9.53. The molecule has 1 aromatic rings. The molecule has 4 bridgehead atoms. The Bertz CT molecular complexity index is 515. The number of hydrogen-bond acceptors (Lipinski definition) is 4. The molecule has 5 rings (SSSR count). The number of thioether (sulfide) groups is 1. The topological polar surface area (TPSA) is 38.1 Å². The minimum Gasteiger partial charge on any atom is -0.359 e. The maximum absolute atomic E-state index is 5.46. The van der Waals surface area contributed by atoms with Crippen molar-refractivity contribution in [1.82, 2.24) is 10.5 Å². The van der Waals surface area contributed by atoms with Gasteiger partial charge in [0.1, 0.15) is 5.69 Å². The maximum atomic E-state index is 5.46. The Morgan fingerprint density at radius 2 is 1.95 bits per heavy atom. The van der Waals surface area contributed by atoms with E-state index >= 15 is 0 Å². The van der Waals surface area contributed by atoms with E-state index in [1.807, 2.05) is 12.3 Å². The molecule has 4 heteroatoms. The van der Waals surface area contributed by atoms with E-state index < -0.39 is 0 Å². The molecule has 1 N–H and O–H groups in total. The number of hydrogen-bond donors (Lipinski definition) is 1. The maximum Gasteiger partial charge on any atom is 0.151 e. The van der Waals surface area contributed by atoms with Crippen molar-refractivity contribution >= 4 is 16.7 Å². The Morgan fingerprint density at radius 1 is 1.33 bits per heavy atom. The van der Waals surface area contributed by atoms with Gasteiger partial charge in [-0.15, -0.1) is 11.8 Å². The van der Waals surface area contributed by atoms with Crippen LogP contribution in [0.2, 0.25) is 0 Å².